The maximum Gasteiger partial charge on any atom is 0 e. The van der Waals surface area contributed by atoms with E-state index in [1.807, 2.05) is 0 Å². The normalized spacial score (nSPS) is 10.5. The second-order valence-corrected chi connectivity index (χ2v) is 5.05. The van der Waals surface area contributed by atoms with E-state index < -0.39 is 0 Å². The molecule has 0 spiro atoms. The zero-order valence-corrected chi connectivity index (χ0v) is 13.2. The Balaban J connectivity index is 0.00000132. The number of benzene rings is 4. The van der Waals surface area contributed by atoms with E-state index in [2.05, 4.69) is 84.9 Å². The topological polar surface area (TPSA) is 0 Å². The maximum absolute atomic E-state index is 2.21. The minimum Gasteiger partial charge on any atom is -0.0616 e. The first-order chi connectivity index (χ1) is 9.93. The van der Waals surface area contributed by atoms with Crippen molar-refractivity contribution in [1.29, 1.82) is 0 Å². The molecule has 0 atom stereocenters. The molecule has 0 bridgehead atoms. The van der Waals surface area contributed by atoms with Crippen LogP contribution in [0.2, 0.25) is 0 Å². The maximum atomic E-state index is 2.21. The van der Waals surface area contributed by atoms with Gasteiger partial charge in [-0.1, -0.05) is 84.9 Å². The van der Waals surface area contributed by atoms with Crippen molar-refractivity contribution in [3.05, 3.63) is 84.9 Å². The summed E-state index contributed by atoms with van der Waals surface area (Å²) >= 11 is 0. The smallest absolute Gasteiger partial charge is 0 e. The summed E-state index contributed by atoms with van der Waals surface area (Å²) in [6.07, 6.45) is 0. The SMILES string of the molecule is [Ru].c1ccc2c(-c3cccc4ccccc34)cccc2c1. The third-order valence-corrected chi connectivity index (χ3v) is 3.87. The molecular formula is C20H14Ru. The largest absolute Gasteiger partial charge is 0.0616 e. The first-order valence-electron chi connectivity index (χ1n) is 6.89. The van der Waals surface area contributed by atoms with Gasteiger partial charge in [0.15, 0.2) is 0 Å². The molecule has 0 unspecified atom stereocenters. The second-order valence-electron chi connectivity index (χ2n) is 5.05. The molecule has 1 heteroatoms. The number of rotatable bonds is 1. The van der Waals surface area contributed by atoms with E-state index in [1.165, 1.54) is 32.7 Å². The van der Waals surface area contributed by atoms with Crippen molar-refractivity contribution in [2.75, 3.05) is 0 Å². The Kier molecular flexibility index (Phi) is 3.86. The third kappa shape index (κ3) is 2.39. The van der Waals surface area contributed by atoms with E-state index in [9.17, 15) is 0 Å². The van der Waals surface area contributed by atoms with Gasteiger partial charge in [-0.05, 0) is 32.7 Å². The Bertz CT molecular complexity index is 821. The van der Waals surface area contributed by atoms with Crippen LogP contribution < -0.4 is 0 Å². The van der Waals surface area contributed by atoms with Crippen LogP contribution in [0.15, 0.2) is 84.9 Å². The van der Waals surface area contributed by atoms with Gasteiger partial charge >= 0.3 is 0 Å². The zero-order chi connectivity index (χ0) is 13.4. The summed E-state index contributed by atoms with van der Waals surface area (Å²) in [5.41, 5.74) is 2.61. The van der Waals surface area contributed by atoms with Crippen molar-refractivity contribution in [3.8, 4) is 11.1 Å². The van der Waals surface area contributed by atoms with Gasteiger partial charge in [-0.3, -0.25) is 0 Å². The van der Waals surface area contributed by atoms with Crippen LogP contribution in [0, 0.1) is 0 Å². The van der Waals surface area contributed by atoms with Gasteiger partial charge in [0, 0.05) is 19.5 Å². The van der Waals surface area contributed by atoms with Crippen molar-refractivity contribution in [1.82, 2.24) is 0 Å². The van der Waals surface area contributed by atoms with Crippen LogP contribution in [0.25, 0.3) is 32.7 Å². The fourth-order valence-corrected chi connectivity index (χ4v) is 2.92. The fraction of sp³-hybridized carbons (Fsp3) is 0. The summed E-state index contributed by atoms with van der Waals surface area (Å²) in [4.78, 5) is 0. The van der Waals surface area contributed by atoms with Crippen LogP contribution >= 0.6 is 0 Å². The van der Waals surface area contributed by atoms with E-state index in [4.69, 9.17) is 0 Å². The van der Waals surface area contributed by atoms with Crippen LogP contribution in [-0.4, -0.2) is 0 Å². The molecule has 102 valence electrons. The summed E-state index contributed by atoms with van der Waals surface area (Å²) in [6, 6.07) is 30.2. The monoisotopic (exact) mass is 356 g/mol. The molecule has 0 amide bonds. The molecule has 0 aromatic heterocycles. The molecule has 0 aliphatic heterocycles. The molecule has 4 aromatic carbocycles. The third-order valence-electron chi connectivity index (χ3n) is 3.87. The van der Waals surface area contributed by atoms with Gasteiger partial charge in [0.1, 0.15) is 0 Å². The average molecular weight is 355 g/mol. The minimum atomic E-state index is 0. The van der Waals surface area contributed by atoms with Crippen LogP contribution in [-0.2, 0) is 19.5 Å². The quantitative estimate of drug-likeness (QED) is 0.387. The van der Waals surface area contributed by atoms with E-state index in [0.29, 0.717) is 0 Å². The van der Waals surface area contributed by atoms with Crippen LogP contribution in [0.1, 0.15) is 0 Å². The minimum absolute atomic E-state index is 0. The van der Waals surface area contributed by atoms with Crippen molar-refractivity contribution in [3.63, 3.8) is 0 Å². The van der Waals surface area contributed by atoms with Gasteiger partial charge in [-0.15, -0.1) is 0 Å². The summed E-state index contributed by atoms with van der Waals surface area (Å²) in [7, 11) is 0. The number of hydrogen-bond donors (Lipinski definition) is 0. The fourth-order valence-electron chi connectivity index (χ4n) is 2.92. The molecule has 4 aromatic rings. The molecule has 0 heterocycles. The predicted octanol–water partition coefficient (Wildman–Crippen LogP) is 5.66. The van der Waals surface area contributed by atoms with E-state index in [1.54, 1.807) is 0 Å². The summed E-state index contributed by atoms with van der Waals surface area (Å²) in [5.74, 6) is 0. The number of fused-ring (bicyclic) bond motifs is 2. The van der Waals surface area contributed by atoms with E-state index in [-0.39, 0.29) is 19.5 Å². The molecular weight excluding hydrogens is 341 g/mol. The van der Waals surface area contributed by atoms with Gasteiger partial charge in [-0.2, -0.15) is 0 Å². The zero-order valence-electron chi connectivity index (χ0n) is 11.4. The first-order valence-corrected chi connectivity index (χ1v) is 6.89. The van der Waals surface area contributed by atoms with Gasteiger partial charge < -0.3 is 0 Å². The van der Waals surface area contributed by atoms with Gasteiger partial charge in [-0.25, -0.2) is 0 Å². The Morgan fingerprint density at radius 2 is 0.762 bits per heavy atom. The molecule has 4 rings (SSSR count). The molecule has 21 heavy (non-hydrogen) atoms. The van der Waals surface area contributed by atoms with Crippen molar-refractivity contribution >= 4 is 21.5 Å². The van der Waals surface area contributed by atoms with Crippen molar-refractivity contribution in [2.45, 2.75) is 0 Å². The van der Waals surface area contributed by atoms with Crippen LogP contribution in [0.5, 0.6) is 0 Å². The summed E-state index contributed by atoms with van der Waals surface area (Å²) in [6.45, 7) is 0. The molecule has 0 aliphatic rings. The summed E-state index contributed by atoms with van der Waals surface area (Å²) in [5, 5.41) is 5.20. The molecule has 0 N–H and O–H groups in total. The van der Waals surface area contributed by atoms with Crippen LogP contribution in [0.4, 0.5) is 0 Å². The van der Waals surface area contributed by atoms with E-state index in [0.717, 1.165) is 0 Å². The average Bonchev–Trinajstić information content (AvgIpc) is 2.54. The molecule has 0 aliphatic carbocycles. The second kappa shape index (κ2) is 5.79. The Labute approximate surface area is 137 Å². The molecule has 0 fully saturated rings. The Morgan fingerprint density at radius 1 is 0.381 bits per heavy atom. The van der Waals surface area contributed by atoms with Crippen LogP contribution in [0.3, 0.4) is 0 Å². The molecule has 0 nitrogen and oxygen atoms in total. The van der Waals surface area contributed by atoms with Gasteiger partial charge in [0.25, 0.3) is 0 Å². The molecule has 0 saturated carbocycles. The van der Waals surface area contributed by atoms with Gasteiger partial charge in [0.05, 0.1) is 0 Å². The van der Waals surface area contributed by atoms with Gasteiger partial charge in [0.2, 0.25) is 0 Å². The standard InChI is InChI=1S/C20H14.Ru/c1-3-11-17-15(7-1)9-5-13-19(17)20-14-6-10-16-8-2-4-12-18(16)20;/h1-14H;. The predicted molar refractivity (Wildman–Crippen MR) is 86.9 cm³/mol. The summed E-state index contributed by atoms with van der Waals surface area (Å²) < 4.78 is 0. The number of hydrogen-bond acceptors (Lipinski definition) is 0. The Hall–Kier alpha value is -1.98. The van der Waals surface area contributed by atoms with Crippen molar-refractivity contribution < 1.29 is 19.5 Å². The van der Waals surface area contributed by atoms with Crippen molar-refractivity contribution in [2.24, 2.45) is 0 Å². The molecule has 0 radical (unpaired) electrons. The molecule has 0 saturated heterocycles. The Morgan fingerprint density at radius 3 is 1.24 bits per heavy atom. The van der Waals surface area contributed by atoms with E-state index >= 15 is 0 Å². The first kappa shape index (κ1) is 14.0.